The zero-order valence-corrected chi connectivity index (χ0v) is 13.8. The van der Waals surface area contributed by atoms with Crippen molar-refractivity contribution < 1.29 is 0 Å². The van der Waals surface area contributed by atoms with Crippen LogP contribution >= 0.6 is 23.2 Å². The minimum Gasteiger partial charge on any atom is -0.319 e. The van der Waals surface area contributed by atoms with Gasteiger partial charge in [-0.15, -0.1) is 0 Å². The summed E-state index contributed by atoms with van der Waals surface area (Å²) in [5, 5.41) is 4.72. The highest BCUT2D eigenvalue weighted by Gasteiger charge is 2.33. The van der Waals surface area contributed by atoms with E-state index >= 15 is 0 Å². The molecule has 0 radical (unpaired) electrons. The van der Waals surface area contributed by atoms with Gasteiger partial charge < -0.3 is 5.32 Å². The first-order chi connectivity index (χ1) is 9.69. The van der Waals surface area contributed by atoms with Crippen molar-refractivity contribution in [3.63, 3.8) is 0 Å². The van der Waals surface area contributed by atoms with Crippen molar-refractivity contribution >= 4 is 23.2 Å². The Kier molecular flexibility index (Phi) is 6.16. The molecule has 1 saturated heterocycles. The number of benzene rings is 1. The molecule has 0 bridgehead atoms. The lowest BCUT2D eigenvalue weighted by molar-refractivity contribution is 0.0925. The van der Waals surface area contributed by atoms with E-state index in [0.29, 0.717) is 17.0 Å². The van der Waals surface area contributed by atoms with Crippen molar-refractivity contribution in [2.45, 2.75) is 32.2 Å². The third-order valence-corrected chi connectivity index (χ3v) is 4.97. The third kappa shape index (κ3) is 3.48. The predicted molar refractivity (Wildman–Crippen MR) is 87.7 cm³/mol. The molecule has 1 aromatic carbocycles. The van der Waals surface area contributed by atoms with Crippen LogP contribution < -0.4 is 5.32 Å². The molecule has 0 aromatic heterocycles. The Labute approximate surface area is 132 Å². The lowest BCUT2D eigenvalue weighted by Crippen LogP contribution is -2.42. The maximum atomic E-state index is 6.48. The Morgan fingerprint density at radius 1 is 1.35 bits per heavy atom. The van der Waals surface area contributed by atoms with Crippen LogP contribution in [-0.4, -0.2) is 31.6 Å². The molecule has 1 fully saturated rings. The Bertz CT molecular complexity index is 418. The van der Waals surface area contributed by atoms with Crippen molar-refractivity contribution in [1.29, 1.82) is 0 Å². The van der Waals surface area contributed by atoms with Gasteiger partial charge in [0.2, 0.25) is 0 Å². The smallest absolute Gasteiger partial charge is 0.0640 e. The van der Waals surface area contributed by atoms with Crippen LogP contribution in [0.3, 0.4) is 0 Å². The van der Waals surface area contributed by atoms with E-state index in [4.69, 9.17) is 23.2 Å². The minimum absolute atomic E-state index is 0.377. The van der Waals surface area contributed by atoms with Crippen molar-refractivity contribution in [2.24, 2.45) is 5.92 Å². The molecule has 0 aliphatic carbocycles. The lowest BCUT2D eigenvalue weighted by Gasteiger charge is -2.42. The van der Waals surface area contributed by atoms with E-state index < -0.39 is 0 Å². The van der Waals surface area contributed by atoms with E-state index in [0.717, 1.165) is 24.7 Å². The van der Waals surface area contributed by atoms with Crippen LogP contribution in [0.25, 0.3) is 0 Å². The fraction of sp³-hybridized carbons (Fsp3) is 0.625. The second-order valence-electron chi connectivity index (χ2n) is 5.58. The van der Waals surface area contributed by atoms with Crippen molar-refractivity contribution in [3.05, 3.63) is 33.8 Å². The zero-order chi connectivity index (χ0) is 14.5. The molecule has 112 valence electrons. The van der Waals surface area contributed by atoms with Crippen LogP contribution in [0.5, 0.6) is 0 Å². The molecule has 0 saturated carbocycles. The molecule has 20 heavy (non-hydrogen) atoms. The maximum Gasteiger partial charge on any atom is 0.0640 e. The van der Waals surface area contributed by atoms with Gasteiger partial charge in [0.25, 0.3) is 0 Å². The van der Waals surface area contributed by atoms with Crippen molar-refractivity contribution in [1.82, 2.24) is 10.2 Å². The lowest BCUT2D eigenvalue weighted by atomic mass is 9.84. The molecule has 1 heterocycles. The second-order valence-corrected chi connectivity index (χ2v) is 6.37. The number of hydrogen-bond acceptors (Lipinski definition) is 2. The number of halogens is 2. The van der Waals surface area contributed by atoms with Gasteiger partial charge in [-0.05, 0) is 63.5 Å². The Morgan fingerprint density at radius 3 is 2.85 bits per heavy atom. The summed E-state index contributed by atoms with van der Waals surface area (Å²) in [4.78, 5) is 2.57. The molecular weight excluding hydrogens is 291 g/mol. The summed E-state index contributed by atoms with van der Waals surface area (Å²) in [6.45, 7) is 5.53. The van der Waals surface area contributed by atoms with Gasteiger partial charge in [-0.3, -0.25) is 4.90 Å². The van der Waals surface area contributed by atoms with Crippen LogP contribution in [0.1, 0.15) is 37.8 Å². The van der Waals surface area contributed by atoms with E-state index in [1.165, 1.54) is 24.8 Å². The number of nitrogens with zero attached hydrogens (tertiary/aromatic N) is 1. The number of likely N-dealkylation sites (tertiary alicyclic amines) is 1. The van der Waals surface area contributed by atoms with Gasteiger partial charge in [0.15, 0.2) is 0 Å². The molecule has 2 nitrogen and oxygen atoms in total. The number of nitrogens with one attached hydrogen (secondary N) is 1. The fourth-order valence-electron chi connectivity index (χ4n) is 3.37. The largest absolute Gasteiger partial charge is 0.319 e. The van der Waals surface area contributed by atoms with Gasteiger partial charge in [0, 0.05) is 6.04 Å². The summed E-state index contributed by atoms with van der Waals surface area (Å²) in [5.74, 6) is 0.594. The summed E-state index contributed by atoms with van der Waals surface area (Å²) in [6.07, 6.45) is 3.68. The molecule has 1 aromatic rings. The standard InChI is InChI=1S/C16H24Cl2N2/c1-3-9-20-10-5-6-12(11-19-2)16(20)13-7-4-8-14(17)15(13)18/h4,7-8,12,16,19H,3,5-6,9-11H2,1-2H3. The molecule has 2 unspecified atom stereocenters. The molecule has 2 rings (SSSR count). The summed E-state index contributed by atoms with van der Waals surface area (Å²) >= 11 is 12.7. The van der Waals surface area contributed by atoms with E-state index in [2.05, 4.69) is 23.2 Å². The molecule has 1 aliphatic rings. The predicted octanol–water partition coefficient (Wildman–Crippen LogP) is 4.38. The van der Waals surface area contributed by atoms with Crippen LogP contribution in [0, 0.1) is 5.92 Å². The van der Waals surface area contributed by atoms with Crippen molar-refractivity contribution in [2.75, 3.05) is 26.7 Å². The Morgan fingerprint density at radius 2 is 2.15 bits per heavy atom. The molecule has 0 spiro atoms. The first kappa shape index (κ1) is 16.1. The van der Waals surface area contributed by atoms with Crippen LogP contribution in [0.2, 0.25) is 10.0 Å². The monoisotopic (exact) mass is 314 g/mol. The van der Waals surface area contributed by atoms with Gasteiger partial charge in [-0.2, -0.15) is 0 Å². The summed E-state index contributed by atoms with van der Waals surface area (Å²) < 4.78 is 0. The highest BCUT2D eigenvalue weighted by molar-refractivity contribution is 6.42. The molecule has 0 amide bonds. The van der Waals surface area contributed by atoms with Crippen LogP contribution in [-0.2, 0) is 0 Å². The van der Waals surface area contributed by atoms with Crippen LogP contribution in [0.15, 0.2) is 18.2 Å². The fourth-order valence-corrected chi connectivity index (χ4v) is 3.78. The van der Waals surface area contributed by atoms with Gasteiger partial charge >= 0.3 is 0 Å². The van der Waals surface area contributed by atoms with Gasteiger partial charge in [-0.1, -0.05) is 42.3 Å². The van der Waals surface area contributed by atoms with Crippen molar-refractivity contribution in [3.8, 4) is 0 Å². The number of rotatable bonds is 5. The van der Waals surface area contributed by atoms with E-state index in [1.54, 1.807) is 0 Å². The highest BCUT2D eigenvalue weighted by atomic mass is 35.5. The quantitative estimate of drug-likeness (QED) is 0.867. The maximum absolute atomic E-state index is 6.48. The molecule has 4 heteroatoms. The highest BCUT2D eigenvalue weighted by Crippen LogP contribution is 2.40. The number of hydrogen-bond donors (Lipinski definition) is 1. The Hall–Kier alpha value is -0.280. The summed E-state index contributed by atoms with van der Waals surface area (Å²) in [7, 11) is 2.02. The average Bonchev–Trinajstić information content (AvgIpc) is 2.44. The second kappa shape index (κ2) is 7.65. The SMILES string of the molecule is CCCN1CCCC(CNC)C1c1cccc(Cl)c1Cl. The first-order valence-electron chi connectivity index (χ1n) is 7.51. The third-order valence-electron chi connectivity index (χ3n) is 4.14. The van der Waals surface area contributed by atoms with E-state index in [-0.39, 0.29) is 0 Å². The van der Waals surface area contributed by atoms with Gasteiger partial charge in [-0.25, -0.2) is 0 Å². The molecule has 1 aliphatic heterocycles. The minimum atomic E-state index is 0.377. The zero-order valence-electron chi connectivity index (χ0n) is 12.3. The van der Waals surface area contributed by atoms with Gasteiger partial charge in [0.1, 0.15) is 0 Å². The topological polar surface area (TPSA) is 15.3 Å². The molecule has 2 atom stereocenters. The molecular formula is C16H24Cl2N2. The Balaban J connectivity index is 2.35. The average molecular weight is 315 g/mol. The van der Waals surface area contributed by atoms with E-state index in [1.807, 2.05) is 19.2 Å². The summed E-state index contributed by atoms with van der Waals surface area (Å²) in [6, 6.07) is 6.39. The molecule has 1 N–H and O–H groups in total. The van der Waals surface area contributed by atoms with E-state index in [9.17, 15) is 0 Å². The normalized spacial score (nSPS) is 24.0. The summed E-state index contributed by atoms with van der Waals surface area (Å²) in [5.41, 5.74) is 1.19. The van der Waals surface area contributed by atoms with Crippen LogP contribution in [0.4, 0.5) is 0 Å². The first-order valence-corrected chi connectivity index (χ1v) is 8.27. The van der Waals surface area contributed by atoms with Gasteiger partial charge in [0.05, 0.1) is 10.0 Å². The number of piperidine rings is 1.